The van der Waals surface area contributed by atoms with E-state index >= 15 is 0 Å². The van der Waals surface area contributed by atoms with Crippen LogP contribution in [-0.4, -0.2) is 45.6 Å². The summed E-state index contributed by atoms with van der Waals surface area (Å²) in [6.45, 7) is -0.133. The van der Waals surface area contributed by atoms with Crippen LogP contribution >= 0.6 is 11.8 Å². The van der Waals surface area contributed by atoms with E-state index in [1.807, 2.05) is 18.2 Å². The second-order valence-corrected chi connectivity index (χ2v) is 5.82. The fourth-order valence-corrected chi connectivity index (χ4v) is 3.30. The Bertz CT molecular complexity index is 590. The minimum atomic E-state index is -0.550. The van der Waals surface area contributed by atoms with Crippen LogP contribution in [0.5, 0.6) is 5.75 Å². The third-order valence-electron chi connectivity index (χ3n) is 3.20. The Balaban J connectivity index is 1.51. The van der Waals surface area contributed by atoms with Gasteiger partial charge in [-0.05, 0) is 12.1 Å². The third-order valence-corrected chi connectivity index (χ3v) is 4.50. The number of ether oxygens (including phenoxy) is 1. The molecule has 2 aliphatic rings. The van der Waals surface area contributed by atoms with Gasteiger partial charge >= 0.3 is 0 Å². The van der Waals surface area contributed by atoms with Crippen LogP contribution in [0.2, 0.25) is 0 Å². The van der Waals surface area contributed by atoms with Gasteiger partial charge in [-0.1, -0.05) is 18.2 Å². The summed E-state index contributed by atoms with van der Waals surface area (Å²) in [6.07, 6.45) is 1.42. The molecule has 3 rings (SSSR count). The van der Waals surface area contributed by atoms with Gasteiger partial charge in [-0.15, -0.1) is 11.8 Å². The van der Waals surface area contributed by atoms with E-state index < -0.39 is 6.04 Å². The number of thioether (sulfide) groups is 1. The minimum Gasteiger partial charge on any atom is -0.510 e. The van der Waals surface area contributed by atoms with Crippen LogP contribution in [-0.2, 0) is 9.59 Å². The van der Waals surface area contributed by atoms with Crippen molar-refractivity contribution in [2.45, 2.75) is 11.4 Å². The van der Waals surface area contributed by atoms with Crippen molar-refractivity contribution in [2.75, 3.05) is 12.4 Å². The molecule has 0 aliphatic carbocycles. The van der Waals surface area contributed by atoms with Crippen molar-refractivity contribution >= 4 is 23.6 Å². The molecule has 2 aliphatic heterocycles. The summed E-state index contributed by atoms with van der Waals surface area (Å²) in [5, 5.41) is 11.9. The van der Waals surface area contributed by atoms with Crippen LogP contribution in [0.25, 0.3) is 0 Å². The lowest BCUT2D eigenvalue weighted by Gasteiger charge is -2.46. The first-order valence-electron chi connectivity index (χ1n) is 6.46. The first kappa shape index (κ1) is 13.8. The van der Waals surface area contributed by atoms with Crippen molar-refractivity contribution < 1.29 is 19.4 Å². The van der Waals surface area contributed by atoms with Gasteiger partial charge in [0, 0.05) is 6.20 Å². The zero-order chi connectivity index (χ0) is 14.8. The van der Waals surface area contributed by atoms with E-state index in [0.717, 1.165) is 0 Å². The molecule has 6 nitrogen and oxygen atoms in total. The number of aliphatic hydroxyl groups excluding tert-OH is 1. The number of hydrogen-bond acceptors (Lipinski definition) is 5. The van der Waals surface area contributed by atoms with Crippen molar-refractivity contribution in [3.8, 4) is 5.75 Å². The molecule has 1 unspecified atom stereocenters. The Morgan fingerprint density at radius 3 is 2.95 bits per heavy atom. The van der Waals surface area contributed by atoms with Gasteiger partial charge in [-0.25, -0.2) is 0 Å². The number of β-lactam (4-membered cyclic amide) rings is 1. The van der Waals surface area contributed by atoms with Crippen LogP contribution in [0.15, 0.2) is 42.3 Å². The quantitative estimate of drug-likeness (QED) is 0.807. The molecular weight excluding hydrogens is 292 g/mol. The monoisotopic (exact) mass is 306 g/mol. The van der Waals surface area contributed by atoms with E-state index in [-0.39, 0.29) is 29.6 Å². The molecule has 1 aromatic carbocycles. The standard InChI is InChI=1S/C14H14N2O4S/c17-9-6-16-13(19)12(14(16)21-8-9)15-11(18)7-20-10-4-2-1-3-5-10/h1-6,12,14,17H,7-8H2,(H,15,18)/t12?,14-/m1/s1. The molecule has 1 saturated heterocycles. The predicted octanol–water partition coefficient (Wildman–Crippen LogP) is 0.865. The molecule has 2 heterocycles. The molecule has 2 amide bonds. The highest BCUT2D eigenvalue weighted by molar-refractivity contribution is 8.00. The minimum absolute atomic E-state index is 0.133. The van der Waals surface area contributed by atoms with Gasteiger partial charge < -0.3 is 15.2 Å². The summed E-state index contributed by atoms with van der Waals surface area (Å²) in [7, 11) is 0. The molecule has 21 heavy (non-hydrogen) atoms. The van der Waals surface area contributed by atoms with Gasteiger partial charge in [-0.2, -0.15) is 0 Å². The first-order chi connectivity index (χ1) is 10.1. The number of fused-ring (bicyclic) bond motifs is 1. The summed E-state index contributed by atoms with van der Waals surface area (Å²) in [5.74, 6) is 0.667. The maximum Gasteiger partial charge on any atom is 0.258 e. The summed E-state index contributed by atoms with van der Waals surface area (Å²) >= 11 is 1.42. The van der Waals surface area contributed by atoms with Crippen molar-refractivity contribution in [3.05, 3.63) is 42.3 Å². The maximum atomic E-state index is 11.9. The molecule has 1 aromatic rings. The van der Waals surface area contributed by atoms with E-state index in [0.29, 0.717) is 11.5 Å². The highest BCUT2D eigenvalue weighted by Crippen LogP contribution is 2.35. The van der Waals surface area contributed by atoms with E-state index in [4.69, 9.17) is 4.74 Å². The number of rotatable bonds is 4. The van der Waals surface area contributed by atoms with Crippen molar-refractivity contribution in [1.29, 1.82) is 0 Å². The topological polar surface area (TPSA) is 78.9 Å². The van der Waals surface area contributed by atoms with Crippen LogP contribution in [0.3, 0.4) is 0 Å². The lowest BCUT2D eigenvalue weighted by atomic mass is 10.1. The largest absolute Gasteiger partial charge is 0.510 e. The maximum absolute atomic E-state index is 11.9. The average molecular weight is 306 g/mol. The molecule has 1 fully saturated rings. The van der Waals surface area contributed by atoms with E-state index in [1.165, 1.54) is 22.9 Å². The van der Waals surface area contributed by atoms with E-state index in [9.17, 15) is 14.7 Å². The fourth-order valence-electron chi connectivity index (χ4n) is 2.18. The van der Waals surface area contributed by atoms with Gasteiger partial charge in [0.05, 0.1) is 5.75 Å². The molecular formula is C14H14N2O4S. The van der Waals surface area contributed by atoms with Gasteiger partial charge in [0.1, 0.15) is 22.9 Å². The predicted molar refractivity (Wildman–Crippen MR) is 77.7 cm³/mol. The lowest BCUT2D eigenvalue weighted by Crippen LogP contribution is -2.68. The van der Waals surface area contributed by atoms with Crippen LogP contribution < -0.4 is 10.1 Å². The highest BCUT2D eigenvalue weighted by Gasteiger charge is 2.49. The molecule has 2 atom stereocenters. The van der Waals surface area contributed by atoms with Crippen LogP contribution in [0.4, 0.5) is 0 Å². The number of amides is 2. The normalized spacial score (nSPS) is 23.7. The fraction of sp³-hybridized carbons (Fsp3) is 0.286. The number of aliphatic hydroxyl groups is 1. The van der Waals surface area contributed by atoms with Crippen molar-refractivity contribution in [1.82, 2.24) is 10.2 Å². The smallest absolute Gasteiger partial charge is 0.258 e. The molecule has 0 saturated carbocycles. The molecule has 0 bridgehead atoms. The summed E-state index contributed by atoms with van der Waals surface area (Å²) < 4.78 is 5.33. The molecule has 0 aromatic heterocycles. The Hall–Kier alpha value is -2.15. The number of carbonyl (C=O) groups is 2. The van der Waals surface area contributed by atoms with Crippen LogP contribution in [0, 0.1) is 0 Å². The van der Waals surface area contributed by atoms with Gasteiger partial charge in [0.2, 0.25) is 0 Å². The number of hydrogen-bond donors (Lipinski definition) is 2. The molecule has 0 spiro atoms. The third kappa shape index (κ3) is 2.82. The second kappa shape index (κ2) is 5.69. The Morgan fingerprint density at radius 2 is 2.19 bits per heavy atom. The zero-order valence-corrected chi connectivity index (χ0v) is 11.9. The summed E-state index contributed by atoms with van der Waals surface area (Å²) in [5.41, 5.74) is 0. The van der Waals surface area contributed by atoms with Gasteiger partial charge in [0.25, 0.3) is 11.8 Å². The average Bonchev–Trinajstić information content (AvgIpc) is 2.51. The number of carbonyl (C=O) groups excluding carboxylic acids is 2. The second-order valence-electron chi connectivity index (χ2n) is 4.71. The van der Waals surface area contributed by atoms with E-state index in [2.05, 4.69) is 5.32 Å². The first-order valence-corrected chi connectivity index (χ1v) is 7.50. The Morgan fingerprint density at radius 1 is 1.43 bits per heavy atom. The number of nitrogens with one attached hydrogen (secondary N) is 1. The zero-order valence-electron chi connectivity index (χ0n) is 11.1. The number of benzene rings is 1. The lowest BCUT2D eigenvalue weighted by molar-refractivity contribution is -0.145. The summed E-state index contributed by atoms with van der Waals surface area (Å²) in [4.78, 5) is 25.1. The Labute approximate surface area is 125 Å². The Kier molecular flexibility index (Phi) is 3.74. The highest BCUT2D eigenvalue weighted by atomic mass is 32.2. The number of nitrogens with zero attached hydrogens (tertiary/aromatic N) is 1. The SMILES string of the molecule is O=C(COc1ccccc1)NC1C(=O)N2C=C(O)CS[C@H]12. The van der Waals surface area contributed by atoms with Crippen LogP contribution in [0.1, 0.15) is 0 Å². The summed E-state index contributed by atoms with van der Waals surface area (Å²) in [6, 6.07) is 8.46. The molecule has 0 radical (unpaired) electrons. The molecule has 110 valence electrons. The van der Waals surface area contributed by atoms with E-state index in [1.54, 1.807) is 12.1 Å². The van der Waals surface area contributed by atoms with Gasteiger partial charge in [-0.3, -0.25) is 14.5 Å². The molecule has 7 heteroatoms. The van der Waals surface area contributed by atoms with Crippen molar-refractivity contribution in [2.24, 2.45) is 0 Å². The molecule has 2 N–H and O–H groups in total. The van der Waals surface area contributed by atoms with Gasteiger partial charge in [0.15, 0.2) is 6.61 Å². The number of para-hydroxylation sites is 1. The van der Waals surface area contributed by atoms with Crippen molar-refractivity contribution in [3.63, 3.8) is 0 Å².